The summed E-state index contributed by atoms with van der Waals surface area (Å²) in [6, 6.07) is 0. The van der Waals surface area contributed by atoms with Crippen LogP contribution in [0.5, 0.6) is 0 Å². The second-order valence-corrected chi connectivity index (χ2v) is 12.0. The molecule has 15 heavy (non-hydrogen) atoms. The van der Waals surface area contributed by atoms with Crippen LogP contribution in [0.1, 0.15) is 64.2 Å². The van der Waals surface area contributed by atoms with E-state index < -0.39 is 19.3 Å². The van der Waals surface area contributed by atoms with Crippen LogP contribution < -0.4 is 0 Å². The summed E-state index contributed by atoms with van der Waals surface area (Å²) in [7, 11) is 0. The Bertz CT molecular complexity index is 174. The first-order valence-corrected chi connectivity index (χ1v) is 10.9. The molecule has 0 aliphatic heterocycles. The van der Waals surface area contributed by atoms with E-state index >= 15 is 0 Å². The minimum atomic E-state index is -4.47. The van der Waals surface area contributed by atoms with Crippen molar-refractivity contribution < 1.29 is 5.78 Å². The Kier molecular flexibility index (Phi) is 4.30. The number of hydrogen-bond donors (Lipinski definition) is 0. The molecule has 0 saturated heterocycles. The number of hydrogen-bond acceptors (Lipinski definition) is 0. The fourth-order valence-corrected chi connectivity index (χ4v) is 10.1. The normalized spacial score (nSPS) is 27.9. The van der Waals surface area contributed by atoms with Crippen LogP contribution in [0.3, 0.4) is 0 Å². The van der Waals surface area contributed by atoms with Crippen molar-refractivity contribution in [2.75, 3.05) is 0 Å². The molecule has 0 amide bonds. The predicted molar refractivity (Wildman–Crippen MR) is 61.6 cm³/mol. The third kappa shape index (κ3) is 2.86. The van der Waals surface area contributed by atoms with Crippen LogP contribution in [0.15, 0.2) is 0 Å². The molecule has 0 radical (unpaired) electrons. The van der Waals surface area contributed by atoms with Gasteiger partial charge in [-0.2, -0.15) is 0 Å². The maximum atomic E-state index is 14.4. The van der Waals surface area contributed by atoms with Crippen LogP contribution >= 0.6 is 0 Å². The van der Waals surface area contributed by atoms with E-state index in [2.05, 4.69) is 0 Å². The summed E-state index contributed by atoms with van der Waals surface area (Å²) in [5.74, 6) is 0. The van der Waals surface area contributed by atoms with Gasteiger partial charge in [-0.1, -0.05) is 0 Å². The van der Waals surface area contributed by atoms with E-state index in [1.54, 1.807) is 0 Å². The van der Waals surface area contributed by atoms with Crippen molar-refractivity contribution in [2.24, 2.45) is 0 Å². The van der Waals surface area contributed by atoms with E-state index in [-0.39, 0.29) is 7.93 Å². The SMILES string of the molecule is F[Te](F)(C1CCCCC1)C1CCCCC1. The molecule has 2 fully saturated rings. The molecule has 0 unspecified atom stereocenters. The average molecular weight is 332 g/mol. The molecule has 0 aromatic heterocycles. The molecular weight excluding hydrogens is 310 g/mol. The zero-order valence-electron chi connectivity index (χ0n) is 9.39. The molecule has 0 heterocycles. The molecule has 0 bridgehead atoms. The standard InChI is InChI=1S/C12H22F2Te/c13-15(14,11-7-3-1-4-8-11)12-9-5-2-6-10-12/h11-12H,1-10H2. The van der Waals surface area contributed by atoms with Crippen molar-refractivity contribution in [1.82, 2.24) is 0 Å². The van der Waals surface area contributed by atoms with Gasteiger partial charge in [0.15, 0.2) is 0 Å². The summed E-state index contributed by atoms with van der Waals surface area (Å²) in [6.07, 6.45) is 10.1. The molecule has 0 nitrogen and oxygen atoms in total. The average Bonchev–Trinajstić information content (AvgIpc) is 2.31. The van der Waals surface area contributed by atoms with Gasteiger partial charge in [0.2, 0.25) is 0 Å². The van der Waals surface area contributed by atoms with E-state index in [0.29, 0.717) is 0 Å². The van der Waals surface area contributed by atoms with E-state index in [1.165, 1.54) is 12.8 Å². The van der Waals surface area contributed by atoms with Crippen LogP contribution in [0.25, 0.3) is 0 Å². The van der Waals surface area contributed by atoms with Crippen LogP contribution in [-0.4, -0.2) is 19.3 Å². The first-order chi connectivity index (χ1) is 7.21. The van der Waals surface area contributed by atoms with E-state index in [0.717, 1.165) is 51.4 Å². The summed E-state index contributed by atoms with van der Waals surface area (Å²) in [5, 5.41) is 0. The third-order valence-electron chi connectivity index (χ3n) is 3.99. The first kappa shape index (κ1) is 12.1. The van der Waals surface area contributed by atoms with Gasteiger partial charge in [0.1, 0.15) is 0 Å². The van der Waals surface area contributed by atoms with Crippen molar-refractivity contribution in [2.45, 2.75) is 72.1 Å². The Hall–Kier alpha value is 0.650. The molecule has 2 aliphatic carbocycles. The van der Waals surface area contributed by atoms with Crippen LogP contribution in [0.4, 0.5) is 5.78 Å². The van der Waals surface area contributed by atoms with Crippen molar-refractivity contribution in [3.05, 3.63) is 0 Å². The number of halogens is 2. The maximum absolute atomic E-state index is 14.4. The van der Waals surface area contributed by atoms with Crippen LogP contribution in [-0.2, 0) is 0 Å². The summed E-state index contributed by atoms with van der Waals surface area (Å²) < 4.78 is 28.6. The number of rotatable bonds is 2. The van der Waals surface area contributed by atoms with E-state index in [9.17, 15) is 5.78 Å². The van der Waals surface area contributed by atoms with Crippen molar-refractivity contribution in [3.63, 3.8) is 0 Å². The zero-order valence-corrected chi connectivity index (χ0v) is 11.7. The molecule has 0 spiro atoms. The van der Waals surface area contributed by atoms with Gasteiger partial charge in [-0.3, -0.25) is 0 Å². The Labute approximate surface area is 97.2 Å². The topological polar surface area (TPSA) is 0 Å². The first-order valence-electron chi connectivity index (χ1n) is 6.41. The molecule has 0 aromatic rings. The Balaban J connectivity index is 1.96. The fraction of sp³-hybridized carbons (Fsp3) is 1.00. The van der Waals surface area contributed by atoms with E-state index in [4.69, 9.17) is 0 Å². The molecule has 0 aromatic carbocycles. The molecule has 2 rings (SSSR count). The molecule has 3 heteroatoms. The van der Waals surface area contributed by atoms with Crippen molar-refractivity contribution in [1.29, 1.82) is 0 Å². The summed E-state index contributed by atoms with van der Waals surface area (Å²) in [6.45, 7) is 0. The summed E-state index contributed by atoms with van der Waals surface area (Å²) in [5.41, 5.74) is 0. The van der Waals surface area contributed by atoms with Gasteiger partial charge in [-0.05, 0) is 0 Å². The van der Waals surface area contributed by atoms with Crippen LogP contribution in [0.2, 0.25) is 7.93 Å². The second kappa shape index (κ2) is 5.32. The summed E-state index contributed by atoms with van der Waals surface area (Å²) in [4.78, 5) is 0. The Morgan fingerprint density at radius 3 is 1.27 bits per heavy atom. The van der Waals surface area contributed by atoms with Gasteiger partial charge in [0.25, 0.3) is 0 Å². The Morgan fingerprint density at radius 1 is 0.600 bits per heavy atom. The van der Waals surface area contributed by atoms with Gasteiger partial charge in [-0.25, -0.2) is 0 Å². The predicted octanol–water partition coefficient (Wildman–Crippen LogP) is 5.04. The molecule has 2 saturated carbocycles. The van der Waals surface area contributed by atoms with Crippen LogP contribution in [0, 0.1) is 0 Å². The van der Waals surface area contributed by atoms with Gasteiger partial charge in [-0.15, -0.1) is 0 Å². The zero-order chi connectivity index (χ0) is 10.7. The van der Waals surface area contributed by atoms with Gasteiger partial charge in [0, 0.05) is 0 Å². The quantitative estimate of drug-likeness (QED) is 0.622. The second-order valence-electron chi connectivity index (χ2n) is 5.07. The Morgan fingerprint density at radius 2 is 0.933 bits per heavy atom. The molecule has 0 N–H and O–H groups in total. The van der Waals surface area contributed by atoms with Crippen molar-refractivity contribution >= 4 is 19.3 Å². The van der Waals surface area contributed by atoms with Gasteiger partial charge < -0.3 is 0 Å². The summed E-state index contributed by atoms with van der Waals surface area (Å²) >= 11 is -4.47. The van der Waals surface area contributed by atoms with E-state index in [1.807, 2.05) is 0 Å². The van der Waals surface area contributed by atoms with Crippen molar-refractivity contribution in [3.8, 4) is 0 Å². The molecule has 90 valence electrons. The molecule has 2 aliphatic rings. The minimum absolute atomic E-state index is 0.107. The fourth-order valence-electron chi connectivity index (χ4n) is 3.03. The monoisotopic (exact) mass is 334 g/mol. The molecular formula is C12H22F2Te. The van der Waals surface area contributed by atoms with Gasteiger partial charge in [0.05, 0.1) is 0 Å². The molecule has 0 atom stereocenters. The third-order valence-corrected chi connectivity index (χ3v) is 11.8. The van der Waals surface area contributed by atoms with Gasteiger partial charge >= 0.3 is 97.2 Å².